The predicted molar refractivity (Wildman–Crippen MR) is 223 cm³/mol. The van der Waals surface area contributed by atoms with Gasteiger partial charge in [0.05, 0.1) is 0 Å². The molecule has 0 spiro atoms. The van der Waals surface area contributed by atoms with Crippen LogP contribution in [0, 0.1) is 0 Å². The molecular weight excluding hydrogens is 638 g/mol. The maximum absolute atomic E-state index is 2.33. The van der Waals surface area contributed by atoms with Crippen LogP contribution in [0.2, 0.25) is 0 Å². The van der Waals surface area contributed by atoms with Crippen molar-refractivity contribution in [3.63, 3.8) is 0 Å². The Morgan fingerprint density at radius 2 is 0.460 bits per heavy atom. The summed E-state index contributed by atoms with van der Waals surface area (Å²) in [6.45, 7) is 0. The second kappa shape index (κ2) is 15.0. The van der Waals surface area contributed by atoms with Crippen molar-refractivity contribution in [2.75, 3.05) is 0 Å². The molecule has 2 heteroatoms. The zero-order valence-corrected chi connectivity index (χ0v) is 29.5. The van der Waals surface area contributed by atoms with Gasteiger partial charge in [0.2, 0.25) is 0 Å². The summed E-state index contributed by atoms with van der Waals surface area (Å²) in [5.74, 6) is 0. The van der Waals surface area contributed by atoms with E-state index in [1.807, 2.05) is 0 Å². The first-order valence-electron chi connectivity index (χ1n) is 17.0. The monoisotopic (exact) mass is 674 g/mol. The van der Waals surface area contributed by atoms with E-state index in [1.54, 1.807) is 0 Å². The van der Waals surface area contributed by atoms with Gasteiger partial charge >= 0.3 is 0 Å². The maximum Gasteiger partial charge on any atom is -0.00722 e. The average Bonchev–Trinajstić information content (AvgIpc) is 3.20. The quantitative estimate of drug-likeness (QED) is 0.154. The molecule has 0 radical (unpaired) electrons. The molecule has 50 heavy (non-hydrogen) atoms. The van der Waals surface area contributed by atoms with Crippen molar-refractivity contribution >= 4 is 80.0 Å². The Bertz CT molecular complexity index is 2190. The summed E-state index contributed by atoms with van der Waals surface area (Å²) in [4.78, 5) is 0. The number of fused-ring (bicyclic) bond motifs is 3. The highest BCUT2D eigenvalue weighted by Crippen LogP contribution is 2.40. The zero-order chi connectivity index (χ0) is 33.5. The van der Waals surface area contributed by atoms with Gasteiger partial charge in [-0.15, -0.1) is 0 Å². The third-order valence-electron chi connectivity index (χ3n) is 9.07. The third kappa shape index (κ3) is 6.62. The van der Waals surface area contributed by atoms with Gasteiger partial charge in [-0.2, -0.15) is 0 Å². The van der Waals surface area contributed by atoms with Crippen molar-refractivity contribution in [2.45, 2.75) is 0 Å². The smallest absolute Gasteiger partial charge is 0.00722 e. The van der Waals surface area contributed by atoms with Crippen LogP contribution in [0.5, 0.6) is 0 Å². The lowest BCUT2D eigenvalue weighted by Crippen LogP contribution is -2.22. The molecule has 0 N–H and O–H groups in total. The molecular formula is C48H36P2. The fourth-order valence-corrected chi connectivity index (χ4v) is 11.9. The summed E-state index contributed by atoms with van der Waals surface area (Å²) < 4.78 is 0. The van der Waals surface area contributed by atoms with E-state index in [1.165, 1.54) is 64.1 Å². The highest BCUT2D eigenvalue weighted by atomic mass is 31.1. The predicted octanol–water partition coefficient (Wildman–Crippen LogP) is 10.3. The van der Waals surface area contributed by atoms with Gasteiger partial charge in [-0.05, 0) is 80.0 Å². The number of benzene rings is 9. The summed E-state index contributed by atoms with van der Waals surface area (Å²) in [5.41, 5.74) is 0. The van der Waals surface area contributed by atoms with Crippen molar-refractivity contribution in [3.05, 3.63) is 218 Å². The van der Waals surface area contributed by atoms with Gasteiger partial charge in [0, 0.05) is 0 Å². The van der Waals surface area contributed by atoms with E-state index in [2.05, 4.69) is 218 Å². The summed E-state index contributed by atoms with van der Waals surface area (Å²) in [6.07, 6.45) is 0. The van der Waals surface area contributed by atoms with Gasteiger partial charge in [0.1, 0.15) is 0 Å². The molecule has 0 aliphatic heterocycles. The van der Waals surface area contributed by atoms with Crippen molar-refractivity contribution in [1.82, 2.24) is 0 Å². The fraction of sp³-hybridized carbons (Fsp3) is 0. The molecule has 0 heterocycles. The molecule has 9 aromatic carbocycles. The standard InChI is InChI=1S/C30H21P.C18H15P/c1-4-16-25-22(10-1)13-7-19-28(25)31(29-20-8-14-23-11-2-5-17-26(23)29)30-21-9-15-24-12-3-6-18-27(24)30;1-4-10-16(11-5-1)19(17-12-6-2-7-13-17)18-14-8-3-9-15-18/h1-21H;1-15H. The first kappa shape index (κ1) is 31.9. The van der Waals surface area contributed by atoms with Crippen molar-refractivity contribution in [1.29, 1.82) is 0 Å². The van der Waals surface area contributed by atoms with Gasteiger partial charge in [0.25, 0.3) is 0 Å². The number of rotatable bonds is 6. The molecule has 0 aliphatic carbocycles. The summed E-state index contributed by atoms with van der Waals surface area (Å²) in [7, 11) is -1.19. The van der Waals surface area contributed by atoms with Crippen LogP contribution in [0.25, 0.3) is 32.3 Å². The molecule has 0 unspecified atom stereocenters. The SMILES string of the molecule is c1ccc(P(c2ccccc2)c2ccccc2)cc1.c1ccc2c(P(c3cccc4ccccc34)c3cccc4ccccc34)cccc2c1. The highest BCUT2D eigenvalue weighted by Gasteiger charge is 2.22. The number of hydrogen-bond donors (Lipinski definition) is 0. The van der Waals surface area contributed by atoms with Gasteiger partial charge in [-0.1, -0.05) is 218 Å². The molecule has 0 bridgehead atoms. The molecule has 9 rings (SSSR count). The topological polar surface area (TPSA) is 0 Å². The van der Waals surface area contributed by atoms with Crippen LogP contribution < -0.4 is 31.8 Å². The molecule has 0 nitrogen and oxygen atoms in total. The van der Waals surface area contributed by atoms with E-state index >= 15 is 0 Å². The van der Waals surface area contributed by atoms with Gasteiger partial charge in [-0.3, -0.25) is 0 Å². The van der Waals surface area contributed by atoms with E-state index in [0.29, 0.717) is 0 Å². The van der Waals surface area contributed by atoms with Crippen LogP contribution in [0.3, 0.4) is 0 Å². The summed E-state index contributed by atoms with van der Waals surface area (Å²) >= 11 is 0. The lowest BCUT2D eigenvalue weighted by Gasteiger charge is -2.24. The summed E-state index contributed by atoms with van der Waals surface area (Å²) in [6, 6.07) is 79.0. The van der Waals surface area contributed by atoms with Crippen LogP contribution in [0.1, 0.15) is 0 Å². The third-order valence-corrected chi connectivity index (χ3v) is 14.1. The van der Waals surface area contributed by atoms with Crippen LogP contribution in [0.15, 0.2) is 218 Å². The molecule has 0 atom stereocenters. The van der Waals surface area contributed by atoms with E-state index in [0.717, 1.165) is 0 Å². The Morgan fingerprint density at radius 3 is 0.780 bits per heavy atom. The molecule has 0 amide bonds. The minimum absolute atomic E-state index is 0.446. The maximum atomic E-state index is 2.33. The van der Waals surface area contributed by atoms with Crippen LogP contribution in [0.4, 0.5) is 0 Å². The van der Waals surface area contributed by atoms with Crippen LogP contribution in [-0.2, 0) is 0 Å². The molecule has 0 aliphatic rings. The molecule has 0 aromatic heterocycles. The second-order valence-electron chi connectivity index (χ2n) is 12.2. The lowest BCUT2D eigenvalue weighted by atomic mass is 10.1. The Balaban J connectivity index is 0.000000163. The first-order valence-corrected chi connectivity index (χ1v) is 19.7. The Morgan fingerprint density at radius 1 is 0.200 bits per heavy atom. The Hall–Kier alpha value is -5.38. The van der Waals surface area contributed by atoms with E-state index in [4.69, 9.17) is 0 Å². The molecule has 238 valence electrons. The van der Waals surface area contributed by atoms with Crippen LogP contribution in [-0.4, -0.2) is 0 Å². The van der Waals surface area contributed by atoms with E-state index in [-0.39, 0.29) is 0 Å². The average molecular weight is 675 g/mol. The minimum atomic E-state index is -0.745. The fourth-order valence-electron chi connectivity index (χ4n) is 6.78. The zero-order valence-electron chi connectivity index (χ0n) is 27.7. The Kier molecular flexibility index (Phi) is 9.57. The minimum Gasteiger partial charge on any atom is -0.0622 e. The van der Waals surface area contributed by atoms with Gasteiger partial charge in [-0.25, -0.2) is 0 Å². The van der Waals surface area contributed by atoms with Crippen molar-refractivity contribution < 1.29 is 0 Å². The number of hydrogen-bond acceptors (Lipinski definition) is 0. The van der Waals surface area contributed by atoms with E-state index < -0.39 is 15.8 Å². The van der Waals surface area contributed by atoms with Gasteiger partial charge in [0.15, 0.2) is 0 Å². The first-order chi connectivity index (χ1) is 24.8. The normalized spacial score (nSPS) is 11.2. The molecule has 0 saturated heterocycles. The second-order valence-corrected chi connectivity index (χ2v) is 16.5. The molecule has 9 aromatic rings. The summed E-state index contributed by atoms with van der Waals surface area (Å²) in [5, 5.41) is 16.4. The van der Waals surface area contributed by atoms with Crippen molar-refractivity contribution in [2.24, 2.45) is 0 Å². The lowest BCUT2D eigenvalue weighted by molar-refractivity contribution is 1.74. The van der Waals surface area contributed by atoms with Crippen molar-refractivity contribution in [3.8, 4) is 0 Å². The Labute approximate surface area is 297 Å². The molecule has 0 fully saturated rings. The molecule has 0 saturated carbocycles. The van der Waals surface area contributed by atoms with Crippen LogP contribution >= 0.6 is 15.8 Å². The highest BCUT2D eigenvalue weighted by molar-refractivity contribution is 7.81. The van der Waals surface area contributed by atoms with Gasteiger partial charge < -0.3 is 0 Å². The van der Waals surface area contributed by atoms with E-state index in [9.17, 15) is 0 Å². The largest absolute Gasteiger partial charge is 0.0622 e.